The van der Waals surface area contributed by atoms with E-state index in [1.165, 1.54) is 25.7 Å². The Morgan fingerprint density at radius 3 is 2.71 bits per heavy atom. The van der Waals surface area contributed by atoms with Gasteiger partial charge >= 0.3 is 0 Å². The van der Waals surface area contributed by atoms with Gasteiger partial charge in [0.1, 0.15) is 11.8 Å². The third kappa shape index (κ3) is 3.31. The van der Waals surface area contributed by atoms with Crippen LogP contribution < -0.4 is 4.74 Å². The number of nitriles is 1. The first-order valence-electron chi connectivity index (χ1n) is 7.35. The van der Waals surface area contributed by atoms with Crippen LogP contribution in [0.1, 0.15) is 25.7 Å². The lowest BCUT2D eigenvalue weighted by Crippen LogP contribution is -2.40. The molecule has 3 nitrogen and oxygen atoms in total. The minimum absolute atomic E-state index is 0.0567. The van der Waals surface area contributed by atoms with E-state index in [0.717, 1.165) is 22.0 Å². The summed E-state index contributed by atoms with van der Waals surface area (Å²) >= 11 is 8.24. The molecule has 2 heterocycles. The summed E-state index contributed by atoms with van der Waals surface area (Å²) in [7, 11) is 2.26. The molecule has 2 aliphatic rings. The molecular formula is C16H19ClN2OS. The van der Waals surface area contributed by atoms with Crippen LogP contribution in [0.2, 0.25) is 5.02 Å². The van der Waals surface area contributed by atoms with Crippen molar-refractivity contribution in [2.24, 2.45) is 0 Å². The number of nitrogens with zero attached hydrogens (tertiary/aromatic N) is 2. The summed E-state index contributed by atoms with van der Waals surface area (Å²) in [5.74, 6) is 0.661. The first kappa shape index (κ1) is 15.0. The van der Waals surface area contributed by atoms with Crippen molar-refractivity contribution in [2.75, 3.05) is 13.7 Å². The average Bonchev–Trinajstić information content (AvgIpc) is 2.70. The minimum atomic E-state index is 0.0567. The van der Waals surface area contributed by atoms with Gasteiger partial charge in [0.25, 0.3) is 0 Å². The van der Waals surface area contributed by atoms with E-state index in [9.17, 15) is 0 Å². The molecule has 3 rings (SSSR count). The van der Waals surface area contributed by atoms with Crippen molar-refractivity contribution in [2.45, 2.75) is 47.9 Å². The van der Waals surface area contributed by atoms with Crippen LogP contribution >= 0.6 is 23.4 Å². The molecule has 1 aromatic rings. The predicted molar refractivity (Wildman–Crippen MR) is 86.0 cm³/mol. The Labute approximate surface area is 135 Å². The van der Waals surface area contributed by atoms with Gasteiger partial charge in [-0.25, -0.2) is 0 Å². The molecule has 0 saturated carbocycles. The minimum Gasteiger partial charge on any atom is -0.479 e. The fourth-order valence-corrected chi connectivity index (χ4v) is 5.04. The topological polar surface area (TPSA) is 36.3 Å². The van der Waals surface area contributed by atoms with Crippen LogP contribution in [0, 0.1) is 11.3 Å². The molecule has 2 fully saturated rings. The maximum absolute atomic E-state index is 8.53. The van der Waals surface area contributed by atoms with Crippen molar-refractivity contribution >= 4 is 23.4 Å². The van der Waals surface area contributed by atoms with E-state index in [0.29, 0.717) is 11.0 Å². The third-order valence-corrected chi connectivity index (χ3v) is 6.31. The number of piperidine rings is 1. The zero-order valence-corrected chi connectivity index (χ0v) is 13.7. The first-order valence-corrected chi connectivity index (χ1v) is 8.61. The lowest BCUT2D eigenvalue weighted by atomic mass is 10.0. The Kier molecular flexibility index (Phi) is 4.63. The largest absolute Gasteiger partial charge is 0.479 e. The van der Waals surface area contributed by atoms with Gasteiger partial charge in [0.2, 0.25) is 0 Å². The van der Waals surface area contributed by atoms with Crippen LogP contribution in [0.15, 0.2) is 23.1 Å². The normalized spacial score (nSPS) is 28.3. The summed E-state index contributed by atoms with van der Waals surface area (Å²) < 4.78 is 5.28. The van der Waals surface area contributed by atoms with E-state index >= 15 is 0 Å². The fourth-order valence-electron chi connectivity index (χ4n) is 3.42. The molecule has 0 spiro atoms. The third-order valence-electron chi connectivity index (χ3n) is 4.56. The van der Waals surface area contributed by atoms with Crippen molar-refractivity contribution in [3.63, 3.8) is 0 Å². The molecule has 1 aromatic carbocycles. The lowest BCUT2D eigenvalue weighted by Gasteiger charge is -2.36. The van der Waals surface area contributed by atoms with Crippen molar-refractivity contribution < 1.29 is 4.74 Å². The molecule has 2 unspecified atom stereocenters. The lowest BCUT2D eigenvalue weighted by molar-refractivity contribution is 0.183. The van der Waals surface area contributed by atoms with E-state index in [-0.39, 0.29) is 6.61 Å². The summed E-state index contributed by atoms with van der Waals surface area (Å²) in [5.41, 5.74) is 0. The second-order valence-electron chi connectivity index (χ2n) is 5.80. The molecular weight excluding hydrogens is 304 g/mol. The second kappa shape index (κ2) is 6.48. The van der Waals surface area contributed by atoms with Crippen molar-refractivity contribution in [1.29, 1.82) is 5.26 Å². The van der Waals surface area contributed by atoms with Crippen LogP contribution in [-0.4, -0.2) is 35.9 Å². The summed E-state index contributed by atoms with van der Waals surface area (Å²) in [6.45, 7) is 0.0567. The predicted octanol–water partition coefficient (Wildman–Crippen LogP) is 3.96. The number of halogens is 1. The standard InChI is InChI=1S/C16H19ClN2OS/c1-19-11-2-3-12(19)9-14(8-11)21-16-5-4-13(10-15(16)17)20-7-6-18/h4-5,10-12,14H,2-3,7-9H2,1H3. The van der Waals surface area contributed by atoms with E-state index in [1.807, 2.05) is 36.0 Å². The van der Waals surface area contributed by atoms with Gasteiger partial charge in [-0.1, -0.05) is 11.6 Å². The molecule has 2 atom stereocenters. The van der Waals surface area contributed by atoms with Gasteiger partial charge in [-0.3, -0.25) is 0 Å². The Morgan fingerprint density at radius 1 is 1.38 bits per heavy atom. The Balaban J connectivity index is 1.64. The van der Waals surface area contributed by atoms with Gasteiger partial charge in [-0.15, -0.1) is 11.8 Å². The zero-order chi connectivity index (χ0) is 14.8. The van der Waals surface area contributed by atoms with Crippen molar-refractivity contribution in [3.8, 4) is 11.8 Å². The number of fused-ring (bicyclic) bond motifs is 2. The maximum Gasteiger partial charge on any atom is 0.174 e. The van der Waals surface area contributed by atoms with Crippen LogP contribution in [0.5, 0.6) is 5.75 Å². The van der Waals surface area contributed by atoms with Crippen LogP contribution in [0.3, 0.4) is 0 Å². The maximum atomic E-state index is 8.53. The number of hydrogen-bond donors (Lipinski definition) is 0. The smallest absolute Gasteiger partial charge is 0.174 e. The van der Waals surface area contributed by atoms with E-state index in [2.05, 4.69) is 11.9 Å². The molecule has 2 aliphatic heterocycles. The summed E-state index contributed by atoms with van der Waals surface area (Å²) in [6, 6.07) is 9.18. The SMILES string of the molecule is CN1C2CCC1CC(Sc1ccc(OCC#N)cc1Cl)C2. The quantitative estimate of drug-likeness (QED) is 0.840. The Hall–Kier alpha value is -0.890. The first-order chi connectivity index (χ1) is 10.2. The highest BCUT2D eigenvalue weighted by Crippen LogP contribution is 2.43. The van der Waals surface area contributed by atoms with Gasteiger partial charge in [0.15, 0.2) is 6.61 Å². The van der Waals surface area contributed by atoms with Crippen LogP contribution in [0.25, 0.3) is 0 Å². The molecule has 0 aromatic heterocycles. The molecule has 0 radical (unpaired) electrons. The monoisotopic (exact) mass is 322 g/mol. The summed E-state index contributed by atoms with van der Waals surface area (Å²) in [4.78, 5) is 3.67. The number of ether oxygens (including phenoxy) is 1. The number of thioether (sulfide) groups is 1. The highest BCUT2D eigenvalue weighted by Gasteiger charge is 2.38. The van der Waals surface area contributed by atoms with Crippen LogP contribution in [-0.2, 0) is 0 Å². The highest BCUT2D eigenvalue weighted by molar-refractivity contribution is 8.00. The summed E-state index contributed by atoms with van der Waals surface area (Å²) in [6.07, 6.45) is 5.18. The van der Waals surface area contributed by atoms with E-state index in [1.54, 1.807) is 0 Å². The molecule has 2 saturated heterocycles. The molecule has 0 N–H and O–H groups in total. The molecule has 112 valence electrons. The average molecular weight is 323 g/mol. The fraction of sp³-hybridized carbons (Fsp3) is 0.562. The summed E-state index contributed by atoms with van der Waals surface area (Å²) in [5, 5.41) is 9.91. The van der Waals surface area contributed by atoms with Gasteiger partial charge in [-0.2, -0.15) is 5.26 Å². The Bertz CT molecular complexity index is 546. The van der Waals surface area contributed by atoms with E-state index < -0.39 is 0 Å². The molecule has 0 amide bonds. The van der Waals surface area contributed by atoms with Gasteiger partial charge in [-0.05, 0) is 50.9 Å². The molecule has 5 heteroatoms. The van der Waals surface area contributed by atoms with Crippen LogP contribution in [0.4, 0.5) is 0 Å². The number of rotatable bonds is 4. The second-order valence-corrected chi connectivity index (χ2v) is 7.55. The van der Waals surface area contributed by atoms with Gasteiger partial charge in [0, 0.05) is 22.2 Å². The number of benzene rings is 1. The van der Waals surface area contributed by atoms with Gasteiger partial charge < -0.3 is 9.64 Å². The van der Waals surface area contributed by atoms with Crippen molar-refractivity contribution in [3.05, 3.63) is 23.2 Å². The molecule has 2 bridgehead atoms. The highest BCUT2D eigenvalue weighted by atomic mass is 35.5. The molecule has 21 heavy (non-hydrogen) atoms. The Morgan fingerprint density at radius 2 is 2.10 bits per heavy atom. The van der Waals surface area contributed by atoms with E-state index in [4.69, 9.17) is 21.6 Å². The van der Waals surface area contributed by atoms with Crippen molar-refractivity contribution in [1.82, 2.24) is 4.90 Å². The molecule has 0 aliphatic carbocycles. The number of hydrogen-bond acceptors (Lipinski definition) is 4. The zero-order valence-electron chi connectivity index (χ0n) is 12.1. The van der Waals surface area contributed by atoms with Gasteiger partial charge in [0.05, 0.1) is 5.02 Å².